The van der Waals surface area contributed by atoms with Crippen molar-refractivity contribution in [3.8, 4) is 0 Å². The summed E-state index contributed by atoms with van der Waals surface area (Å²) in [4.78, 5) is 11.6. The molecular weight excluding hydrogens is 248 g/mol. The summed E-state index contributed by atoms with van der Waals surface area (Å²) >= 11 is 0. The van der Waals surface area contributed by atoms with Crippen LogP contribution in [-0.2, 0) is 0 Å². The molecule has 1 saturated carbocycles. The molecule has 0 radical (unpaired) electrons. The molecule has 0 heterocycles. The number of amides is 2. The summed E-state index contributed by atoms with van der Waals surface area (Å²) in [6.45, 7) is 8.99. The number of nitrogens with one attached hydrogen (secondary N) is 2. The van der Waals surface area contributed by atoms with Gasteiger partial charge in [0.15, 0.2) is 0 Å². The quantitative estimate of drug-likeness (QED) is 0.839. The first-order valence-corrected chi connectivity index (χ1v) is 7.45. The Bertz CT molecular complexity index is 498. The highest BCUT2D eigenvalue weighted by Crippen LogP contribution is 2.45. The Labute approximate surface area is 122 Å². The average molecular weight is 274 g/mol. The number of anilines is 1. The summed E-state index contributed by atoms with van der Waals surface area (Å²) < 4.78 is 0. The standard InChI is InChI=1S/C17H26N2O/c1-11(17(2,3)4)13-8-9-14(12-6-7-12)15(10-13)19-16(20)18-5/h8-12H,6-7H2,1-5H3,(H2,18,19,20). The lowest BCUT2D eigenvalue weighted by Gasteiger charge is -2.28. The van der Waals surface area contributed by atoms with Gasteiger partial charge in [-0.15, -0.1) is 0 Å². The summed E-state index contributed by atoms with van der Waals surface area (Å²) in [5.41, 5.74) is 3.75. The smallest absolute Gasteiger partial charge is 0.318 e. The van der Waals surface area contributed by atoms with Crippen LogP contribution in [0.3, 0.4) is 0 Å². The van der Waals surface area contributed by atoms with Crippen LogP contribution in [0, 0.1) is 5.41 Å². The molecule has 1 aromatic rings. The molecule has 2 amide bonds. The SMILES string of the molecule is CNC(=O)Nc1cc(C(C)C(C)(C)C)ccc1C1CC1. The van der Waals surface area contributed by atoms with Crippen LogP contribution >= 0.6 is 0 Å². The number of carbonyl (C=O) groups excluding carboxylic acids is 1. The van der Waals surface area contributed by atoms with Gasteiger partial charge in [-0.3, -0.25) is 0 Å². The second kappa shape index (κ2) is 5.47. The van der Waals surface area contributed by atoms with Gasteiger partial charge in [0.2, 0.25) is 0 Å². The summed E-state index contributed by atoms with van der Waals surface area (Å²) in [5.74, 6) is 1.07. The minimum atomic E-state index is -0.146. The first kappa shape index (κ1) is 14.9. The molecule has 1 unspecified atom stereocenters. The molecule has 1 atom stereocenters. The van der Waals surface area contributed by atoms with Crippen LogP contribution in [0.1, 0.15) is 63.5 Å². The number of hydrogen-bond donors (Lipinski definition) is 2. The Balaban J connectivity index is 2.32. The highest BCUT2D eigenvalue weighted by Gasteiger charge is 2.28. The van der Waals surface area contributed by atoms with E-state index in [9.17, 15) is 4.79 Å². The highest BCUT2D eigenvalue weighted by atomic mass is 16.2. The van der Waals surface area contributed by atoms with Crippen molar-refractivity contribution in [2.75, 3.05) is 12.4 Å². The third kappa shape index (κ3) is 3.33. The Morgan fingerprint density at radius 2 is 1.95 bits per heavy atom. The number of urea groups is 1. The molecule has 20 heavy (non-hydrogen) atoms. The molecule has 0 spiro atoms. The van der Waals surface area contributed by atoms with Crippen molar-refractivity contribution < 1.29 is 4.79 Å². The molecule has 1 fully saturated rings. The first-order chi connectivity index (χ1) is 9.32. The van der Waals surface area contributed by atoms with Crippen LogP contribution in [0.25, 0.3) is 0 Å². The lowest BCUT2D eigenvalue weighted by molar-refractivity contribution is 0.254. The molecule has 110 valence electrons. The van der Waals surface area contributed by atoms with Crippen molar-refractivity contribution in [1.29, 1.82) is 0 Å². The van der Waals surface area contributed by atoms with E-state index in [2.05, 4.69) is 56.5 Å². The number of carbonyl (C=O) groups is 1. The van der Waals surface area contributed by atoms with Crippen LogP contribution < -0.4 is 10.6 Å². The topological polar surface area (TPSA) is 41.1 Å². The molecule has 0 bridgehead atoms. The fraction of sp³-hybridized carbons (Fsp3) is 0.588. The number of hydrogen-bond acceptors (Lipinski definition) is 1. The van der Waals surface area contributed by atoms with Crippen molar-refractivity contribution in [2.45, 2.75) is 52.4 Å². The molecule has 3 nitrogen and oxygen atoms in total. The lowest BCUT2D eigenvalue weighted by Crippen LogP contribution is -2.25. The van der Waals surface area contributed by atoms with Gasteiger partial charge in [0, 0.05) is 12.7 Å². The van der Waals surface area contributed by atoms with Gasteiger partial charge in [0.05, 0.1) is 0 Å². The first-order valence-electron chi connectivity index (χ1n) is 7.45. The van der Waals surface area contributed by atoms with E-state index < -0.39 is 0 Å². The molecule has 1 aliphatic rings. The molecule has 2 N–H and O–H groups in total. The summed E-state index contributed by atoms with van der Waals surface area (Å²) in [5, 5.41) is 5.61. The van der Waals surface area contributed by atoms with Gasteiger partial charge in [0.1, 0.15) is 0 Å². The van der Waals surface area contributed by atoms with E-state index in [1.54, 1.807) is 7.05 Å². The van der Waals surface area contributed by atoms with Crippen molar-refractivity contribution >= 4 is 11.7 Å². The number of benzene rings is 1. The van der Waals surface area contributed by atoms with E-state index in [1.807, 2.05) is 0 Å². The van der Waals surface area contributed by atoms with E-state index in [-0.39, 0.29) is 11.4 Å². The van der Waals surface area contributed by atoms with Crippen molar-refractivity contribution in [1.82, 2.24) is 5.32 Å². The molecule has 0 aromatic heterocycles. The molecular formula is C17H26N2O. The molecule has 0 saturated heterocycles. The zero-order valence-corrected chi connectivity index (χ0v) is 13.2. The molecule has 3 heteroatoms. The maximum Gasteiger partial charge on any atom is 0.318 e. The summed E-state index contributed by atoms with van der Waals surface area (Å²) in [6.07, 6.45) is 2.47. The third-order valence-corrected chi connectivity index (χ3v) is 4.37. The monoisotopic (exact) mass is 274 g/mol. The minimum absolute atomic E-state index is 0.146. The predicted molar refractivity (Wildman–Crippen MR) is 84.4 cm³/mol. The van der Waals surface area contributed by atoms with Gasteiger partial charge >= 0.3 is 6.03 Å². The van der Waals surface area contributed by atoms with Crippen molar-refractivity contribution in [3.05, 3.63) is 29.3 Å². The summed E-state index contributed by atoms with van der Waals surface area (Å²) in [7, 11) is 1.65. The van der Waals surface area contributed by atoms with Crippen molar-refractivity contribution in [3.63, 3.8) is 0 Å². The number of rotatable bonds is 3. The zero-order chi connectivity index (χ0) is 14.9. The fourth-order valence-corrected chi connectivity index (χ4v) is 2.39. The van der Waals surface area contributed by atoms with Gasteiger partial charge in [-0.2, -0.15) is 0 Å². The Morgan fingerprint density at radius 3 is 2.45 bits per heavy atom. The maximum atomic E-state index is 11.6. The van der Waals surface area contributed by atoms with E-state index in [4.69, 9.17) is 0 Å². The Morgan fingerprint density at radius 1 is 1.30 bits per heavy atom. The maximum absolute atomic E-state index is 11.6. The van der Waals surface area contributed by atoms with Crippen LogP contribution in [0.4, 0.5) is 10.5 Å². The third-order valence-electron chi connectivity index (χ3n) is 4.37. The molecule has 2 rings (SSSR count). The average Bonchev–Trinajstić information content (AvgIpc) is 3.20. The van der Waals surface area contributed by atoms with Gasteiger partial charge in [0.25, 0.3) is 0 Å². The molecule has 1 aliphatic carbocycles. The highest BCUT2D eigenvalue weighted by molar-refractivity contribution is 5.90. The minimum Gasteiger partial charge on any atom is -0.341 e. The largest absolute Gasteiger partial charge is 0.341 e. The predicted octanol–water partition coefficient (Wildman–Crippen LogP) is 4.46. The second-order valence-electron chi connectivity index (χ2n) is 6.91. The van der Waals surface area contributed by atoms with Gasteiger partial charge < -0.3 is 10.6 Å². The fourth-order valence-electron chi connectivity index (χ4n) is 2.39. The van der Waals surface area contributed by atoms with Gasteiger partial charge in [-0.25, -0.2) is 4.79 Å². The van der Waals surface area contributed by atoms with E-state index in [1.165, 1.54) is 24.0 Å². The second-order valence-corrected chi connectivity index (χ2v) is 6.91. The normalized spacial score (nSPS) is 16.6. The van der Waals surface area contributed by atoms with Crippen LogP contribution in [0.2, 0.25) is 0 Å². The van der Waals surface area contributed by atoms with Crippen LogP contribution in [0.5, 0.6) is 0 Å². The van der Waals surface area contributed by atoms with E-state index in [0.717, 1.165) is 5.69 Å². The molecule has 1 aromatic carbocycles. The van der Waals surface area contributed by atoms with Crippen LogP contribution in [-0.4, -0.2) is 13.1 Å². The Kier molecular flexibility index (Phi) is 4.07. The van der Waals surface area contributed by atoms with Gasteiger partial charge in [-0.1, -0.05) is 39.8 Å². The Hall–Kier alpha value is -1.51. The lowest BCUT2D eigenvalue weighted by atomic mass is 9.77. The summed E-state index contributed by atoms with van der Waals surface area (Å²) in [6, 6.07) is 6.42. The zero-order valence-electron chi connectivity index (χ0n) is 13.2. The van der Waals surface area contributed by atoms with Crippen molar-refractivity contribution in [2.24, 2.45) is 5.41 Å². The van der Waals surface area contributed by atoms with E-state index >= 15 is 0 Å². The molecule has 0 aliphatic heterocycles. The van der Waals surface area contributed by atoms with Crippen LogP contribution in [0.15, 0.2) is 18.2 Å². The van der Waals surface area contributed by atoms with E-state index in [0.29, 0.717) is 11.8 Å². The van der Waals surface area contributed by atoms with Gasteiger partial charge in [-0.05, 0) is 47.3 Å².